The fraction of sp³-hybridized carbons (Fsp3) is 0.571. The van der Waals surface area contributed by atoms with Crippen LogP contribution in [-0.4, -0.2) is 42.9 Å². The molecule has 0 saturated carbocycles. The third-order valence-corrected chi connectivity index (χ3v) is 3.16. The average molecular weight is 343 g/mol. The number of carbonyl (C=O) groups is 1. The predicted octanol–water partition coefficient (Wildman–Crippen LogP) is 2.64. The molecule has 1 aromatic rings. The van der Waals surface area contributed by atoms with Gasteiger partial charge in [0.05, 0.1) is 18.8 Å². The van der Waals surface area contributed by atoms with Gasteiger partial charge in [-0.25, -0.2) is 9.78 Å². The van der Waals surface area contributed by atoms with Crippen molar-refractivity contribution in [3.05, 3.63) is 22.3 Å². The first-order valence-corrected chi connectivity index (χ1v) is 7.38. The van der Waals surface area contributed by atoms with Gasteiger partial charge in [-0.05, 0) is 48.8 Å². The molecule has 2 rings (SSSR count). The Balaban J connectivity index is 2.21. The molecule has 0 unspecified atom stereocenters. The largest absolute Gasteiger partial charge is 0.456 e. The lowest BCUT2D eigenvalue weighted by molar-refractivity contribution is 0.00693. The van der Waals surface area contributed by atoms with Crippen LogP contribution in [0.4, 0.5) is 5.82 Å². The molecule has 6 heteroatoms. The van der Waals surface area contributed by atoms with E-state index in [1.807, 2.05) is 20.8 Å². The molecule has 2 heterocycles. The summed E-state index contributed by atoms with van der Waals surface area (Å²) in [7, 11) is 0. The Morgan fingerprint density at radius 2 is 2.00 bits per heavy atom. The second-order valence-electron chi connectivity index (χ2n) is 5.64. The van der Waals surface area contributed by atoms with Crippen LogP contribution in [0.25, 0.3) is 0 Å². The summed E-state index contributed by atoms with van der Waals surface area (Å²) in [6.07, 6.45) is 0. The highest BCUT2D eigenvalue weighted by Gasteiger charge is 2.20. The van der Waals surface area contributed by atoms with Gasteiger partial charge >= 0.3 is 5.97 Å². The molecule has 0 aliphatic carbocycles. The fourth-order valence-electron chi connectivity index (χ4n) is 1.89. The third-order valence-electron chi connectivity index (χ3n) is 2.75. The molecule has 0 N–H and O–H groups in total. The Hall–Kier alpha value is -1.14. The highest BCUT2D eigenvalue weighted by Crippen LogP contribution is 2.21. The number of carbonyl (C=O) groups excluding carboxylic acids is 1. The minimum atomic E-state index is -0.508. The molecule has 1 fully saturated rings. The summed E-state index contributed by atoms with van der Waals surface area (Å²) < 4.78 is 11.3. The van der Waals surface area contributed by atoms with Crippen LogP contribution in [0.5, 0.6) is 0 Å². The van der Waals surface area contributed by atoms with E-state index in [0.29, 0.717) is 23.4 Å². The van der Waals surface area contributed by atoms with Crippen LogP contribution in [0.2, 0.25) is 0 Å². The molecule has 5 nitrogen and oxygen atoms in total. The topological polar surface area (TPSA) is 51.7 Å². The molecule has 0 spiro atoms. The van der Waals surface area contributed by atoms with E-state index in [1.54, 1.807) is 12.1 Å². The third kappa shape index (κ3) is 4.18. The Morgan fingerprint density at radius 1 is 1.35 bits per heavy atom. The first-order valence-electron chi connectivity index (χ1n) is 6.59. The van der Waals surface area contributed by atoms with Crippen LogP contribution in [0.15, 0.2) is 16.7 Å². The molecule has 20 heavy (non-hydrogen) atoms. The van der Waals surface area contributed by atoms with Gasteiger partial charge in [0.25, 0.3) is 0 Å². The number of ether oxygens (including phenoxy) is 2. The lowest BCUT2D eigenvalue weighted by Crippen LogP contribution is -2.37. The summed E-state index contributed by atoms with van der Waals surface area (Å²) in [5.41, 5.74) is -0.00493. The van der Waals surface area contributed by atoms with Crippen LogP contribution < -0.4 is 4.90 Å². The molecule has 0 aromatic carbocycles. The molecular formula is C14H19BrN2O3. The Labute approximate surface area is 127 Å². The van der Waals surface area contributed by atoms with Gasteiger partial charge in [0.15, 0.2) is 0 Å². The van der Waals surface area contributed by atoms with Gasteiger partial charge in [0.2, 0.25) is 0 Å². The van der Waals surface area contributed by atoms with Gasteiger partial charge in [-0.1, -0.05) is 0 Å². The molecule has 0 atom stereocenters. The van der Waals surface area contributed by atoms with Crippen molar-refractivity contribution in [2.75, 3.05) is 31.2 Å². The van der Waals surface area contributed by atoms with Crippen molar-refractivity contribution in [3.8, 4) is 0 Å². The fourth-order valence-corrected chi connectivity index (χ4v) is 2.32. The van der Waals surface area contributed by atoms with Crippen LogP contribution in [0, 0.1) is 0 Å². The molecular weight excluding hydrogens is 324 g/mol. The molecule has 0 amide bonds. The number of anilines is 1. The van der Waals surface area contributed by atoms with E-state index in [0.717, 1.165) is 18.9 Å². The summed E-state index contributed by atoms with van der Waals surface area (Å²) in [5, 5.41) is 0. The summed E-state index contributed by atoms with van der Waals surface area (Å²) in [6, 6.07) is 3.45. The summed E-state index contributed by atoms with van der Waals surface area (Å²) >= 11 is 3.35. The maximum absolute atomic E-state index is 12.1. The predicted molar refractivity (Wildman–Crippen MR) is 80.1 cm³/mol. The number of esters is 1. The monoisotopic (exact) mass is 342 g/mol. The van der Waals surface area contributed by atoms with E-state index in [9.17, 15) is 4.79 Å². The van der Waals surface area contributed by atoms with Crippen molar-refractivity contribution < 1.29 is 14.3 Å². The molecule has 1 aliphatic heterocycles. The number of hydrogen-bond acceptors (Lipinski definition) is 5. The Kier molecular flexibility index (Phi) is 4.65. The van der Waals surface area contributed by atoms with Crippen molar-refractivity contribution >= 4 is 27.7 Å². The van der Waals surface area contributed by atoms with Crippen LogP contribution in [-0.2, 0) is 9.47 Å². The minimum absolute atomic E-state index is 0.338. The van der Waals surface area contributed by atoms with E-state index < -0.39 is 5.60 Å². The smallest absolute Gasteiger partial charge is 0.338 e. The van der Waals surface area contributed by atoms with Crippen LogP contribution in [0.3, 0.4) is 0 Å². The lowest BCUT2D eigenvalue weighted by Gasteiger charge is -2.28. The standard InChI is InChI=1S/C14H19BrN2O3/c1-14(2,3)20-13(18)10-8-11(15)16-12(9-10)17-4-6-19-7-5-17/h8-9H,4-7H2,1-3H3. The van der Waals surface area contributed by atoms with Crippen LogP contribution in [0.1, 0.15) is 31.1 Å². The van der Waals surface area contributed by atoms with Crippen molar-refractivity contribution in [3.63, 3.8) is 0 Å². The average Bonchev–Trinajstić information content (AvgIpc) is 2.37. The molecule has 0 radical (unpaired) electrons. The summed E-state index contributed by atoms with van der Waals surface area (Å²) in [4.78, 5) is 18.6. The van der Waals surface area contributed by atoms with Gasteiger partial charge in [-0.2, -0.15) is 0 Å². The second-order valence-corrected chi connectivity index (χ2v) is 6.45. The second kappa shape index (κ2) is 6.10. The molecule has 1 aliphatic rings. The summed E-state index contributed by atoms with van der Waals surface area (Å²) in [6.45, 7) is 8.46. The van der Waals surface area contributed by atoms with Crippen molar-refractivity contribution in [2.45, 2.75) is 26.4 Å². The van der Waals surface area contributed by atoms with Crippen LogP contribution >= 0.6 is 15.9 Å². The van der Waals surface area contributed by atoms with E-state index >= 15 is 0 Å². The van der Waals surface area contributed by atoms with Crippen molar-refractivity contribution in [2.24, 2.45) is 0 Å². The highest BCUT2D eigenvalue weighted by atomic mass is 79.9. The highest BCUT2D eigenvalue weighted by molar-refractivity contribution is 9.10. The zero-order valence-electron chi connectivity index (χ0n) is 12.0. The first kappa shape index (κ1) is 15.3. The summed E-state index contributed by atoms with van der Waals surface area (Å²) in [5.74, 6) is 0.429. The zero-order chi connectivity index (χ0) is 14.8. The Bertz CT molecular complexity index is 494. The first-order chi connectivity index (χ1) is 9.35. The van der Waals surface area contributed by atoms with Gasteiger partial charge in [-0.15, -0.1) is 0 Å². The normalized spacial score (nSPS) is 16.1. The molecule has 110 valence electrons. The number of hydrogen-bond donors (Lipinski definition) is 0. The van der Waals surface area contributed by atoms with Gasteiger partial charge in [0.1, 0.15) is 16.0 Å². The number of pyridine rings is 1. The van der Waals surface area contributed by atoms with Crippen molar-refractivity contribution in [1.82, 2.24) is 4.98 Å². The van der Waals surface area contributed by atoms with E-state index in [2.05, 4.69) is 25.8 Å². The number of nitrogens with zero attached hydrogens (tertiary/aromatic N) is 2. The minimum Gasteiger partial charge on any atom is -0.456 e. The van der Waals surface area contributed by atoms with E-state index in [1.165, 1.54) is 0 Å². The lowest BCUT2D eigenvalue weighted by atomic mass is 10.2. The van der Waals surface area contributed by atoms with Gasteiger partial charge < -0.3 is 14.4 Å². The number of morpholine rings is 1. The number of halogens is 1. The van der Waals surface area contributed by atoms with Gasteiger partial charge in [-0.3, -0.25) is 0 Å². The van der Waals surface area contributed by atoms with Gasteiger partial charge in [0, 0.05) is 13.1 Å². The maximum Gasteiger partial charge on any atom is 0.338 e. The SMILES string of the molecule is CC(C)(C)OC(=O)c1cc(Br)nc(N2CCOCC2)c1. The molecule has 1 aromatic heterocycles. The quantitative estimate of drug-likeness (QED) is 0.610. The number of rotatable bonds is 2. The van der Waals surface area contributed by atoms with E-state index in [4.69, 9.17) is 9.47 Å². The zero-order valence-corrected chi connectivity index (χ0v) is 13.6. The molecule has 1 saturated heterocycles. The number of aromatic nitrogens is 1. The Morgan fingerprint density at radius 3 is 2.60 bits per heavy atom. The van der Waals surface area contributed by atoms with Crippen molar-refractivity contribution in [1.29, 1.82) is 0 Å². The molecule has 0 bridgehead atoms. The van der Waals surface area contributed by atoms with E-state index in [-0.39, 0.29) is 5.97 Å². The maximum atomic E-state index is 12.1.